The number of carbonyl (C=O) groups excluding carboxylic acids is 1. The van der Waals surface area contributed by atoms with Crippen LogP contribution in [0.4, 0.5) is 0 Å². The molecule has 0 aliphatic heterocycles. The molecule has 2 atom stereocenters. The largest absolute Gasteiger partial charge is 0.472 e. The number of unbranched alkanes of at least 4 members (excludes halogenated alkanes) is 6. The van der Waals surface area contributed by atoms with Gasteiger partial charge in [0.2, 0.25) is 0 Å². The summed E-state index contributed by atoms with van der Waals surface area (Å²) in [4.78, 5) is 25.5. The number of phosphoric ester groups is 1. The molecule has 0 radical (unpaired) electrons. The van der Waals surface area contributed by atoms with Crippen LogP contribution < -0.4 is 0 Å². The van der Waals surface area contributed by atoms with E-state index >= 15 is 0 Å². The van der Waals surface area contributed by atoms with Crippen LogP contribution in [-0.4, -0.2) is 74.2 Å². The Labute approximate surface area is 169 Å². The molecule has 0 fully saturated rings. The summed E-state index contributed by atoms with van der Waals surface area (Å²) in [5.74, 6) is -0.401. The maximum atomic E-state index is 11.8. The van der Waals surface area contributed by atoms with E-state index in [0.29, 0.717) is 17.4 Å². The molecule has 0 saturated heterocycles. The van der Waals surface area contributed by atoms with E-state index in [9.17, 15) is 14.3 Å². The Kier molecular flexibility index (Phi) is 15.0. The molecule has 0 saturated carbocycles. The Balaban J connectivity index is 3.92. The van der Waals surface area contributed by atoms with Crippen molar-refractivity contribution in [3.05, 3.63) is 0 Å². The summed E-state index contributed by atoms with van der Waals surface area (Å²) in [5.41, 5.74) is 0. The van der Waals surface area contributed by atoms with Gasteiger partial charge in [0.05, 0.1) is 27.7 Å². The standard InChI is InChI=1S/C18H38NO8P/c1-5-6-7-8-9-10-11-12-18(20)24-15-17(27-21)16-26-28(22,23)25-14-13-19(2,3)4/h17H,5-16H2,1-4H3,(H-,21,22,23)/p+1. The maximum absolute atomic E-state index is 11.8. The number of ether oxygens (including phenoxy) is 1. The monoisotopic (exact) mass is 428 g/mol. The van der Waals surface area contributed by atoms with Gasteiger partial charge in [-0.1, -0.05) is 45.4 Å². The van der Waals surface area contributed by atoms with Gasteiger partial charge < -0.3 is 14.1 Å². The zero-order valence-electron chi connectivity index (χ0n) is 17.8. The fraction of sp³-hybridized carbons (Fsp3) is 0.944. The van der Waals surface area contributed by atoms with Crippen molar-refractivity contribution < 1.29 is 42.7 Å². The van der Waals surface area contributed by atoms with Crippen molar-refractivity contribution in [1.82, 2.24) is 0 Å². The lowest BCUT2D eigenvalue weighted by Crippen LogP contribution is -2.37. The van der Waals surface area contributed by atoms with Crippen molar-refractivity contribution in [2.24, 2.45) is 0 Å². The quantitative estimate of drug-likeness (QED) is 0.0854. The number of hydrogen-bond acceptors (Lipinski definition) is 7. The third-order valence-electron chi connectivity index (χ3n) is 4.00. The molecule has 168 valence electrons. The molecule has 2 unspecified atom stereocenters. The van der Waals surface area contributed by atoms with Crippen LogP contribution in [-0.2, 0) is 28.0 Å². The minimum absolute atomic E-state index is 0.0371. The molecular weight excluding hydrogens is 389 g/mol. The zero-order chi connectivity index (χ0) is 21.5. The normalized spacial score (nSPS) is 15.2. The molecular formula is C18H39NO8P+. The number of quaternary nitrogens is 1. The van der Waals surface area contributed by atoms with E-state index in [1.54, 1.807) is 0 Å². The van der Waals surface area contributed by atoms with Crippen molar-refractivity contribution in [3.8, 4) is 0 Å². The summed E-state index contributed by atoms with van der Waals surface area (Å²) < 4.78 is 27.0. The summed E-state index contributed by atoms with van der Waals surface area (Å²) in [7, 11) is 1.49. The van der Waals surface area contributed by atoms with Crippen LogP contribution in [0.5, 0.6) is 0 Å². The molecule has 28 heavy (non-hydrogen) atoms. The molecule has 0 rings (SSSR count). The molecule has 0 aromatic rings. The smallest absolute Gasteiger partial charge is 0.463 e. The van der Waals surface area contributed by atoms with E-state index in [4.69, 9.17) is 19.0 Å². The second-order valence-corrected chi connectivity index (χ2v) is 9.35. The molecule has 0 aliphatic carbocycles. The van der Waals surface area contributed by atoms with Crippen molar-refractivity contribution in [2.45, 2.75) is 64.4 Å². The first-order valence-electron chi connectivity index (χ1n) is 9.98. The Hall–Kier alpha value is -0.540. The average molecular weight is 428 g/mol. The van der Waals surface area contributed by atoms with Crippen LogP contribution in [0.15, 0.2) is 0 Å². The first-order chi connectivity index (χ1) is 13.1. The van der Waals surface area contributed by atoms with E-state index in [1.165, 1.54) is 25.7 Å². The van der Waals surface area contributed by atoms with Crippen molar-refractivity contribution in [2.75, 3.05) is 47.5 Å². The maximum Gasteiger partial charge on any atom is 0.472 e. The SMILES string of the molecule is CCCCCCCCCC(=O)OCC(COP(=O)(O)OCC[N+](C)(C)C)OO. The Morgan fingerprint density at radius 1 is 1.00 bits per heavy atom. The number of carbonyl (C=O) groups is 1. The van der Waals surface area contributed by atoms with Gasteiger partial charge in [0.1, 0.15) is 19.8 Å². The zero-order valence-corrected chi connectivity index (χ0v) is 18.7. The fourth-order valence-corrected chi connectivity index (χ4v) is 2.98. The highest BCUT2D eigenvalue weighted by Gasteiger charge is 2.25. The molecule has 0 aromatic heterocycles. The van der Waals surface area contributed by atoms with Crippen LogP contribution >= 0.6 is 7.82 Å². The summed E-state index contributed by atoms with van der Waals surface area (Å²) in [5, 5.41) is 8.85. The third kappa shape index (κ3) is 17.6. The van der Waals surface area contributed by atoms with E-state index in [-0.39, 0.29) is 13.2 Å². The predicted molar refractivity (Wildman–Crippen MR) is 106 cm³/mol. The topological polar surface area (TPSA) is 112 Å². The van der Waals surface area contributed by atoms with Crippen LogP contribution in [0.1, 0.15) is 58.3 Å². The molecule has 0 bridgehead atoms. The molecule has 0 aliphatic rings. The van der Waals surface area contributed by atoms with Crippen molar-refractivity contribution in [3.63, 3.8) is 0 Å². The van der Waals surface area contributed by atoms with E-state index < -0.39 is 26.5 Å². The van der Waals surface area contributed by atoms with E-state index in [2.05, 4.69) is 11.8 Å². The number of esters is 1. The minimum atomic E-state index is -4.27. The lowest BCUT2D eigenvalue weighted by molar-refractivity contribution is -0.870. The van der Waals surface area contributed by atoms with Gasteiger partial charge in [-0.2, -0.15) is 0 Å². The molecule has 10 heteroatoms. The van der Waals surface area contributed by atoms with Gasteiger partial charge in [-0.3, -0.25) is 19.1 Å². The van der Waals surface area contributed by atoms with Gasteiger partial charge in [-0.25, -0.2) is 9.45 Å². The molecule has 0 spiro atoms. The molecule has 9 nitrogen and oxygen atoms in total. The Morgan fingerprint density at radius 3 is 2.18 bits per heavy atom. The van der Waals surface area contributed by atoms with Gasteiger partial charge >= 0.3 is 13.8 Å². The predicted octanol–water partition coefficient (Wildman–Crippen LogP) is 3.37. The highest BCUT2D eigenvalue weighted by Crippen LogP contribution is 2.43. The van der Waals surface area contributed by atoms with Crippen LogP contribution in [0, 0.1) is 0 Å². The third-order valence-corrected chi connectivity index (χ3v) is 4.99. The minimum Gasteiger partial charge on any atom is -0.463 e. The molecule has 0 amide bonds. The number of nitrogens with zero attached hydrogens (tertiary/aromatic N) is 1. The second-order valence-electron chi connectivity index (χ2n) is 7.89. The number of likely N-dealkylation sites (N-methyl/N-ethyl adjacent to an activating group) is 1. The first kappa shape index (κ1) is 27.5. The van der Waals surface area contributed by atoms with Gasteiger partial charge in [-0.05, 0) is 6.42 Å². The Morgan fingerprint density at radius 2 is 1.61 bits per heavy atom. The van der Waals surface area contributed by atoms with Crippen LogP contribution in [0.2, 0.25) is 0 Å². The van der Waals surface area contributed by atoms with Gasteiger partial charge in [0.15, 0.2) is 6.10 Å². The van der Waals surface area contributed by atoms with Crippen molar-refractivity contribution in [1.29, 1.82) is 0 Å². The lowest BCUT2D eigenvalue weighted by atomic mass is 10.1. The lowest BCUT2D eigenvalue weighted by Gasteiger charge is -2.24. The number of hydrogen-bond donors (Lipinski definition) is 2. The van der Waals surface area contributed by atoms with Crippen molar-refractivity contribution >= 4 is 13.8 Å². The number of phosphoric acid groups is 1. The summed E-state index contributed by atoms with van der Waals surface area (Å²) in [6.07, 6.45) is 6.90. The Bertz CT molecular complexity index is 455. The van der Waals surface area contributed by atoms with Crippen LogP contribution in [0.25, 0.3) is 0 Å². The van der Waals surface area contributed by atoms with E-state index in [0.717, 1.165) is 19.3 Å². The summed E-state index contributed by atoms with van der Waals surface area (Å²) >= 11 is 0. The van der Waals surface area contributed by atoms with Gasteiger partial charge in [-0.15, -0.1) is 0 Å². The average Bonchev–Trinajstić information content (AvgIpc) is 2.59. The van der Waals surface area contributed by atoms with E-state index in [1.807, 2.05) is 21.1 Å². The summed E-state index contributed by atoms with van der Waals surface area (Å²) in [6, 6.07) is 0. The highest BCUT2D eigenvalue weighted by molar-refractivity contribution is 7.47. The van der Waals surface area contributed by atoms with Gasteiger partial charge in [0.25, 0.3) is 0 Å². The molecule has 0 aromatic carbocycles. The molecule has 0 heterocycles. The second kappa shape index (κ2) is 15.3. The fourth-order valence-electron chi connectivity index (χ4n) is 2.24. The number of rotatable bonds is 18. The molecule has 2 N–H and O–H groups in total. The summed E-state index contributed by atoms with van der Waals surface area (Å²) in [6.45, 7) is 2.01. The highest BCUT2D eigenvalue weighted by atomic mass is 31.2. The first-order valence-corrected chi connectivity index (χ1v) is 11.5. The van der Waals surface area contributed by atoms with Gasteiger partial charge in [0, 0.05) is 6.42 Å². The van der Waals surface area contributed by atoms with Crippen LogP contribution in [0.3, 0.4) is 0 Å².